The molecule has 5 nitrogen and oxygen atoms in total. The molecule has 0 bridgehead atoms. The van der Waals surface area contributed by atoms with Crippen molar-refractivity contribution >= 4 is 16.7 Å². The summed E-state index contributed by atoms with van der Waals surface area (Å²) in [5.41, 5.74) is 3.19. The summed E-state index contributed by atoms with van der Waals surface area (Å²) in [5, 5.41) is 0. The Bertz CT molecular complexity index is 791. The number of para-hydroxylation sites is 2. The van der Waals surface area contributed by atoms with E-state index in [0.717, 1.165) is 37.0 Å². The van der Waals surface area contributed by atoms with E-state index in [2.05, 4.69) is 20.9 Å². The van der Waals surface area contributed by atoms with Crippen molar-refractivity contribution in [3.8, 4) is 0 Å². The molecule has 1 aliphatic rings. The number of anilines is 1. The van der Waals surface area contributed by atoms with E-state index in [1.54, 1.807) is 0 Å². The van der Waals surface area contributed by atoms with Crippen molar-refractivity contribution in [1.29, 1.82) is 0 Å². The number of H-pyrrole nitrogens is 2. The quantitative estimate of drug-likeness (QED) is 0.758. The summed E-state index contributed by atoms with van der Waals surface area (Å²) in [4.78, 5) is 20.7. The number of aromatic amines is 2. The van der Waals surface area contributed by atoms with Crippen LogP contribution >= 0.6 is 0 Å². The van der Waals surface area contributed by atoms with Gasteiger partial charge in [0.1, 0.15) is 0 Å². The van der Waals surface area contributed by atoms with E-state index in [1.807, 2.05) is 41.2 Å². The number of aromatic nitrogens is 3. The van der Waals surface area contributed by atoms with Crippen molar-refractivity contribution in [2.45, 2.75) is 18.9 Å². The lowest BCUT2D eigenvalue weighted by atomic mass is 10.0. The molecule has 108 valence electrons. The molecule has 21 heavy (non-hydrogen) atoms. The van der Waals surface area contributed by atoms with E-state index < -0.39 is 0 Å². The number of fused-ring (bicyclic) bond motifs is 1. The Morgan fingerprint density at radius 3 is 2.67 bits per heavy atom. The lowest BCUT2D eigenvalue weighted by molar-refractivity contribution is 0.396. The molecule has 0 saturated carbocycles. The second kappa shape index (κ2) is 4.84. The lowest BCUT2D eigenvalue weighted by Gasteiger charge is -2.33. The monoisotopic (exact) mass is 282 g/mol. The van der Waals surface area contributed by atoms with Gasteiger partial charge in [0.25, 0.3) is 0 Å². The van der Waals surface area contributed by atoms with Gasteiger partial charge in [-0.3, -0.25) is 4.57 Å². The topological polar surface area (TPSA) is 56.8 Å². The third-order valence-corrected chi connectivity index (χ3v) is 4.40. The Kier molecular flexibility index (Phi) is 2.84. The first-order valence-electron chi connectivity index (χ1n) is 7.40. The van der Waals surface area contributed by atoms with E-state index in [-0.39, 0.29) is 11.7 Å². The van der Waals surface area contributed by atoms with Gasteiger partial charge in [0.05, 0.1) is 16.7 Å². The standard InChI is InChI=1S/C16H18N4O/c21-16-18-14-3-1-2-4-15(14)20(16)12-6-9-19(10-7-12)13-5-8-17-11-13/h1-5,8,11-12,17H,6-7,9-10H2,(H,18,21). The Morgan fingerprint density at radius 2 is 1.90 bits per heavy atom. The predicted molar refractivity (Wildman–Crippen MR) is 83.8 cm³/mol. The van der Waals surface area contributed by atoms with Crippen molar-refractivity contribution < 1.29 is 0 Å². The molecule has 3 aromatic rings. The number of nitrogens with one attached hydrogen (secondary N) is 2. The van der Waals surface area contributed by atoms with Crippen molar-refractivity contribution in [3.05, 3.63) is 53.2 Å². The maximum Gasteiger partial charge on any atom is 0.326 e. The molecule has 0 radical (unpaired) electrons. The van der Waals surface area contributed by atoms with Crippen molar-refractivity contribution in [1.82, 2.24) is 14.5 Å². The summed E-state index contributed by atoms with van der Waals surface area (Å²) < 4.78 is 1.93. The summed E-state index contributed by atoms with van der Waals surface area (Å²) in [5.74, 6) is 0. The SMILES string of the molecule is O=c1[nH]c2ccccc2n1C1CCN(c2cc[nH]c2)CC1. The highest BCUT2D eigenvalue weighted by atomic mass is 16.1. The van der Waals surface area contributed by atoms with E-state index in [9.17, 15) is 4.79 Å². The zero-order chi connectivity index (χ0) is 14.2. The van der Waals surface area contributed by atoms with Crippen LogP contribution in [0.2, 0.25) is 0 Å². The van der Waals surface area contributed by atoms with Crippen LogP contribution in [0.15, 0.2) is 47.5 Å². The molecule has 2 N–H and O–H groups in total. The average molecular weight is 282 g/mol. The lowest BCUT2D eigenvalue weighted by Crippen LogP contribution is -2.36. The van der Waals surface area contributed by atoms with Gasteiger partial charge in [0.15, 0.2) is 0 Å². The smallest absolute Gasteiger partial charge is 0.326 e. The number of imidazole rings is 1. The molecule has 1 aromatic carbocycles. The molecule has 4 rings (SSSR count). The molecule has 1 fully saturated rings. The minimum absolute atomic E-state index is 0.0105. The minimum Gasteiger partial charge on any atom is -0.370 e. The zero-order valence-corrected chi connectivity index (χ0v) is 11.7. The summed E-state index contributed by atoms with van der Waals surface area (Å²) in [6.07, 6.45) is 5.96. The second-order valence-corrected chi connectivity index (χ2v) is 5.60. The molecular formula is C16H18N4O. The molecule has 0 aliphatic carbocycles. The molecule has 1 saturated heterocycles. The van der Waals surface area contributed by atoms with E-state index >= 15 is 0 Å². The summed E-state index contributed by atoms with van der Waals surface area (Å²) >= 11 is 0. The first kappa shape index (κ1) is 12.3. The largest absolute Gasteiger partial charge is 0.370 e. The Hall–Kier alpha value is -2.43. The molecule has 1 aliphatic heterocycles. The van der Waals surface area contributed by atoms with Gasteiger partial charge in [0, 0.05) is 31.5 Å². The molecule has 5 heteroatoms. The zero-order valence-electron chi connectivity index (χ0n) is 11.7. The number of piperidine rings is 1. The number of rotatable bonds is 2. The van der Waals surface area contributed by atoms with Gasteiger partial charge < -0.3 is 14.9 Å². The number of nitrogens with zero attached hydrogens (tertiary/aromatic N) is 2. The Morgan fingerprint density at radius 1 is 1.10 bits per heavy atom. The molecule has 0 atom stereocenters. The summed E-state index contributed by atoms with van der Waals surface area (Å²) in [6.45, 7) is 1.96. The van der Waals surface area contributed by atoms with Crippen LogP contribution in [0.5, 0.6) is 0 Å². The number of hydrogen-bond donors (Lipinski definition) is 2. The first-order chi connectivity index (χ1) is 10.3. The normalized spacial score (nSPS) is 16.7. The summed E-state index contributed by atoms with van der Waals surface area (Å²) in [6, 6.07) is 10.3. The van der Waals surface area contributed by atoms with Gasteiger partial charge in [-0.15, -0.1) is 0 Å². The van der Waals surface area contributed by atoms with Gasteiger partial charge in [-0.25, -0.2) is 4.79 Å². The van der Waals surface area contributed by atoms with Crippen LogP contribution in [0.3, 0.4) is 0 Å². The fourth-order valence-electron chi connectivity index (χ4n) is 3.33. The van der Waals surface area contributed by atoms with Crippen molar-refractivity contribution in [2.75, 3.05) is 18.0 Å². The van der Waals surface area contributed by atoms with Crippen LogP contribution in [-0.4, -0.2) is 27.6 Å². The number of hydrogen-bond acceptors (Lipinski definition) is 2. The van der Waals surface area contributed by atoms with Crippen LogP contribution < -0.4 is 10.6 Å². The van der Waals surface area contributed by atoms with E-state index in [4.69, 9.17) is 0 Å². The van der Waals surface area contributed by atoms with Crippen LogP contribution in [-0.2, 0) is 0 Å². The molecule has 0 spiro atoms. The van der Waals surface area contributed by atoms with E-state index in [1.165, 1.54) is 5.69 Å². The fourth-order valence-corrected chi connectivity index (χ4v) is 3.33. The summed E-state index contributed by atoms with van der Waals surface area (Å²) in [7, 11) is 0. The Balaban J connectivity index is 1.60. The highest BCUT2D eigenvalue weighted by molar-refractivity contribution is 5.75. The molecular weight excluding hydrogens is 264 g/mol. The Labute approximate surface area is 122 Å². The van der Waals surface area contributed by atoms with Gasteiger partial charge in [-0.2, -0.15) is 0 Å². The average Bonchev–Trinajstić information content (AvgIpc) is 3.14. The maximum absolute atomic E-state index is 12.2. The van der Waals surface area contributed by atoms with Crippen LogP contribution in [0.25, 0.3) is 11.0 Å². The maximum atomic E-state index is 12.2. The van der Waals surface area contributed by atoms with Crippen molar-refractivity contribution in [2.24, 2.45) is 0 Å². The molecule has 0 unspecified atom stereocenters. The van der Waals surface area contributed by atoms with Crippen LogP contribution in [0.1, 0.15) is 18.9 Å². The predicted octanol–water partition coefficient (Wildman–Crippen LogP) is 2.50. The highest BCUT2D eigenvalue weighted by Gasteiger charge is 2.23. The highest BCUT2D eigenvalue weighted by Crippen LogP contribution is 2.27. The molecule has 2 aromatic heterocycles. The third kappa shape index (κ3) is 2.05. The number of benzene rings is 1. The fraction of sp³-hybridized carbons (Fsp3) is 0.312. The van der Waals surface area contributed by atoms with Gasteiger partial charge in [0.2, 0.25) is 0 Å². The van der Waals surface area contributed by atoms with Crippen molar-refractivity contribution in [3.63, 3.8) is 0 Å². The third-order valence-electron chi connectivity index (χ3n) is 4.40. The second-order valence-electron chi connectivity index (χ2n) is 5.60. The first-order valence-corrected chi connectivity index (χ1v) is 7.40. The van der Waals surface area contributed by atoms with Crippen LogP contribution in [0, 0.1) is 0 Å². The molecule has 0 amide bonds. The van der Waals surface area contributed by atoms with E-state index in [0.29, 0.717) is 0 Å². The van der Waals surface area contributed by atoms with Gasteiger partial charge >= 0.3 is 5.69 Å². The van der Waals surface area contributed by atoms with Gasteiger partial charge in [-0.1, -0.05) is 12.1 Å². The molecule has 3 heterocycles. The van der Waals surface area contributed by atoms with Crippen LogP contribution in [0.4, 0.5) is 5.69 Å². The minimum atomic E-state index is 0.0105. The van der Waals surface area contributed by atoms with Gasteiger partial charge in [-0.05, 0) is 31.0 Å².